The van der Waals surface area contributed by atoms with Gasteiger partial charge in [-0.15, -0.1) is 0 Å². The number of aromatic amines is 1. The summed E-state index contributed by atoms with van der Waals surface area (Å²) in [4.78, 5) is 24.0. The van der Waals surface area contributed by atoms with E-state index in [4.69, 9.17) is 0 Å². The van der Waals surface area contributed by atoms with Gasteiger partial charge >= 0.3 is 0 Å². The van der Waals surface area contributed by atoms with Crippen molar-refractivity contribution in [3.8, 4) is 0 Å². The quantitative estimate of drug-likeness (QED) is 0.895. The van der Waals surface area contributed by atoms with E-state index in [1.165, 1.54) is 0 Å². The van der Waals surface area contributed by atoms with Crippen LogP contribution in [0.2, 0.25) is 0 Å². The Morgan fingerprint density at radius 1 is 1.30 bits per heavy atom. The van der Waals surface area contributed by atoms with Gasteiger partial charge in [0.15, 0.2) is 0 Å². The number of rotatable bonds is 2. The molecule has 106 valence electrons. The molecule has 0 radical (unpaired) electrons. The van der Waals surface area contributed by atoms with Crippen LogP contribution in [0.4, 0.5) is 5.95 Å². The van der Waals surface area contributed by atoms with Gasteiger partial charge in [-0.2, -0.15) is 0 Å². The van der Waals surface area contributed by atoms with Gasteiger partial charge in [0, 0.05) is 19.1 Å². The number of likely N-dealkylation sites (N-methyl/N-ethyl adjacent to an activating group) is 1. The number of fused-ring (bicyclic) bond motifs is 1. The first-order valence-electron chi connectivity index (χ1n) is 6.96. The smallest absolute Gasteiger partial charge is 0.260 e. The van der Waals surface area contributed by atoms with Crippen molar-refractivity contribution >= 4 is 16.9 Å². The molecule has 1 aliphatic heterocycles. The Bertz CT molecular complexity index is 679. The highest BCUT2D eigenvalue weighted by atomic mass is 16.1. The van der Waals surface area contributed by atoms with E-state index in [9.17, 15) is 4.79 Å². The second-order valence-corrected chi connectivity index (χ2v) is 5.82. The zero-order valence-electron chi connectivity index (χ0n) is 12.1. The van der Waals surface area contributed by atoms with Crippen LogP contribution in [0.25, 0.3) is 10.9 Å². The molecule has 1 aromatic carbocycles. The van der Waals surface area contributed by atoms with Gasteiger partial charge in [0.2, 0.25) is 5.95 Å². The van der Waals surface area contributed by atoms with E-state index in [2.05, 4.69) is 40.8 Å². The van der Waals surface area contributed by atoms with Crippen LogP contribution >= 0.6 is 0 Å². The summed E-state index contributed by atoms with van der Waals surface area (Å²) < 4.78 is 0. The minimum Gasteiger partial charge on any atom is -0.340 e. The summed E-state index contributed by atoms with van der Waals surface area (Å²) in [6.07, 6.45) is 0. The van der Waals surface area contributed by atoms with E-state index < -0.39 is 0 Å². The van der Waals surface area contributed by atoms with E-state index in [0.29, 0.717) is 23.3 Å². The predicted molar refractivity (Wildman–Crippen MR) is 81.2 cm³/mol. The molecule has 5 nitrogen and oxygen atoms in total. The van der Waals surface area contributed by atoms with Crippen LogP contribution in [0, 0.1) is 5.92 Å². The third-order valence-corrected chi connectivity index (χ3v) is 4.14. The fourth-order valence-corrected chi connectivity index (χ4v) is 3.02. The van der Waals surface area contributed by atoms with Gasteiger partial charge in [-0.3, -0.25) is 9.78 Å². The van der Waals surface area contributed by atoms with Crippen LogP contribution < -0.4 is 10.5 Å². The Morgan fingerprint density at radius 3 is 2.75 bits per heavy atom. The van der Waals surface area contributed by atoms with Gasteiger partial charge in [-0.1, -0.05) is 19.1 Å². The molecule has 0 aliphatic carbocycles. The minimum absolute atomic E-state index is 0.0634. The average molecular weight is 272 g/mol. The monoisotopic (exact) mass is 272 g/mol. The van der Waals surface area contributed by atoms with Gasteiger partial charge < -0.3 is 9.80 Å². The fourth-order valence-electron chi connectivity index (χ4n) is 3.02. The number of H-pyrrole nitrogens is 1. The predicted octanol–water partition coefficient (Wildman–Crippen LogP) is 1.31. The second-order valence-electron chi connectivity index (χ2n) is 5.82. The van der Waals surface area contributed by atoms with Crippen LogP contribution in [0.1, 0.15) is 6.92 Å². The summed E-state index contributed by atoms with van der Waals surface area (Å²) in [6, 6.07) is 7.95. The van der Waals surface area contributed by atoms with E-state index in [1.807, 2.05) is 18.2 Å². The van der Waals surface area contributed by atoms with E-state index in [1.54, 1.807) is 6.07 Å². The molecule has 0 unspecified atom stereocenters. The van der Waals surface area contributed by atoms with Crippen molar-refractivity contribution in [3.05, 3.63) is 34.6 Å². The Balaban J connectivity index is 1.98. The van der Waals surface area contributed by atoms with Crippen LogP contribution in [-0.4, -0.2) is 48.1 Å². The highest BCUT2D eigenvalue weighted by Gasteiger charge is 2.32. The first-order valence-corrected chi connectivity index (χ1v) is 6.96. The Kier molecular flexibility index (Phi) is 3.22. The van der Waals surface area contributed by atoms with Crippen molar-refractivity contribution in [1.29, 1.82) is 0 Å². The molecular weight excluding hydrogens is 252 g/mol. The molecule has 3 rings (SSSR count). The lowest BCUT2D eigenvalue weighted by atomic mass is 10.1. The summed E-state index contributed by atoms with van der Waals surface area (Å²) in [6.45, 7) is 4.06. The minimum atomic E-state index is -0.0634. The molecule has 0 amide bonds. The molecule has 2 aromatic rings. The van der Waals surface area contributed by atoms with Crippen LogP contribution in [0.5, 0.6) is 0 Å². The van der Waals surface area contributed by atoms with Crippen LogP contribution in [0.3, 0.4) is 0 Å². The molecule has 2 atom stereocenters. The third-order valence-electron chi connectivity index (χ3n) is 4.14. The van der Waals surface area contributed by atoms with E-state index in [-0.39, 0.29) is 5.56 Å². The molecule has 1 N–H and O–H groups in total. The Labute approximate surface area is 118 Å². The lowest BCUT2D eigenvalue weighted by Crippen LogP contribution is -2.34. The van der Waals surface area contributed by atoms with Gasteiger partial charge in [-0.05, 0) is 32.1 Å². The van der Waals surface area contributed by atoms with Crippen LogP contribution in [-0.2, 0) is 0 Å². The maximum atomic E-state index is 12.1. The normalized spacial score (nSPS) is 22.9. The Hall–Kier alpha value is -1.88. The summed E-state index contributed by atoms with van der Waals surface area (Å²) in [5.74, 6) is 1.24. The first-order chi connectivity index (χ1) is 9.56. The number of anilines is 1. The highest BCUT2D eigenvalue weighted by molar-refractivity contribution is 5.78. The molecule has 1 aliphatic rings. The molecule has 5 heteroatoms. The van der Waals surface area contributed by atoms with Crippen molar-refractivity contribution in [3.63, 3.8) is 0 Å². The zero-order valence-corrected chi connectivity index (χ0v) is 12.1. The molecule has 0 saturated carbocycles. The molecule has 1 fully saturated rings. The SMILES string of the molecule is C[C@@H]1CN(c2nc3ccccc3c(=O)[nH]2)C[C@H]1N(C)C. The average Bonchev–Trinajstić information content (AvgIpc) is 2.81. The number of hydrogen-bond donors (Lipinski definition) is 1. The van der Waals surface area contributed by atoms with Crippen molar-refractivity contribution in [2.24, 2.45) is 5.92 Å². The molecule has 0 bridgehead atoms. The number of benzene rings is 1. The molecule has 2 heterocycles. The van der Waals surface area contributed by atoms with E-state index >= 15 is 0 Å². The fraction of sp³-hybridized carbons (Fsp3) is 0.467. The number of nitrogens with one attached hydrogen (secondary N) is 1. The summed E-state index contributed by atoms with van der Waals surface area (Å²) >= 11 is 0. The standard InChI is InChI=1S/C15H20N4O/c1-10-8-19(9-13(10)18(2)3)15-16-12-7-5-4-6-11(12)14(20)17-15/h4-7,10,13H,8-9H2,1-3H3,(H,16,17,20)/t10-,13-/m1/s1. The Morgan fingerprint density at radius 2 is 2.05 bits per heavy atom. The number of nitrogens with zero attached hydrogens (tertiary/aromatic N) is 3. The van der Waals surface area contributed by atoms with Gasteiger partial charge in [0.1, 0.15) is 0 Å². The summed E-state index contributed by atoms with van der Waals surface area (Å²) in [5.41, 5.74) is 0.693. The molecule has 0 spiro atoms. The number of aromatic nitrogens is 2. The van der Waals surface area contributed by atoms with Crippen LogP contribution in [0.15, 0.2) is 29.1 Å². The largest absolute Gasteiger partial charge is 0.340 e. The maximum absolute atomic E-state index is 12.1. The highest BCUT2D eigenvalue weighted by Crippen LogP contribution is 2.23. The summed E-state index contributed by atoms with van der Waals surface area (Å²) in [7, 11) is 4.20. The van der Waals surface area contributed by atoms with Crippen molar-refractivity contribution in [2.75, 3.05) is 32.1 Å². The number of para-hydroxylation sites is 1. The van der Waals surface area contributed by atoms with Gasteiger partial charge in [0.05, 0.1) is 10.9 Å². The topological polar surface area (TPSA) is 52.2 Å². The molecule has 1 saturated heterocycles. The van der Waals surface area contributed by atoms with Gasteiger partial charge in [-0.25, -0.2) is 4.98 Å². The lowest BCUT2D eigenvalue weighted by Gasteiger charge is -2.22. The molecule has 1 aromatic heterocycles. The van der Waals surface area contributed by atoms with Crippen molar-refractivity contribution in [2.45, 2.75) is 13.0 Å². The molecule has 20 heavy (non-hydrogen) atoms. The van der Waals surface area contributed by atoms with E-state index in [0.717, 1.165) is 18.6 Å². The second kappa shape index (κ2) is 4.90. The zero-order chi connectivity index (χ0) is 14.3. The van der Waals surface area contributed by atoms with Crippen molar-refractivity contribution < 1.29 is 0 Å². The maximum Gasteiger partial charge on any atom is 0.260 e. The lowest BCUT2D eigenvalue weighted by molar-refractivity contribution is 0.266. The van der Waals surface area contributed by atoms with Crippen molar-refractivity contribution in [1.82, 2.24) is 14.9 Å². The summed E-state index contributed by atoms with van der Waals surface area (Å²) in [5, 5.41) is 0.646. The first kappa shape index (κ1) is 13.1. The number of hydrogen-bond acceptors (Lipinski definition) is 4. The van der Waals surface area contributed by atoms with Gasteiger partial charge in [0.25, 0.3) is 5.56 Å². The third kappa shape index (κ3) is 2.18. The molecular formula is C15H20N4O.